The van der Waals surface area contributed by atoms with Gasteiger partial charge in [-0.05, 0) is 40.2 Å². The van der Waals surface area contributed by atoms with Gasteiger partial charge in [-0.2, -0.15) is 0 Å². The lowest BCUT2D eigenvalue weighted by Gasteiger charge is -2.38. The van der Waals surface area contributed by atoms with Gasteiger partial charge in [0.2, 0.25) is 5.91 Å². The molecule has 0 spiro atoms. The van der Waals surface area contributed by atoms with Crippen molar-refractivity contribution in [3.05, 3.63) is 0 Å². The van der Waals surface area contributed by atoms with Crippen LogP contribution in [-0.2, 0) is 4.79 Å². The van der Waals surface area contributed by atoms with E-state index in [1.54, 1.807) is 0 Å². The first-order valence-electron chi connectivity index (χ1n) is 6.12. The molecule has 1 amide bonds. The van der Waals surface area contributed by atoms with E-state index >= 15 is 0 Å². The first-order valence-corrected chi connectivity index (χ1v) is 6.65. The first-order chi connectivity index (χ1) is 7.56. The van der Waals surface area contributed by atoms with Crippen molar-refractivity contribution in [1.29, 1.82) is 0 Å². The van der Waals surface area contributed by atoms with Gasteiger partial charge in [-0.1, -0.05) is 0 Å². The van der Waals surface area contributed by atoms with Crippen molar-refractivity contribution < 1.29 is 4.79 Å². The molecule has 0 bridgehead atoms. The van der Waals surface area contributed by atoms with Gasteiger partial charge in [-0.25, -0.2) is 0 Å². The summed E-state index contributed by atoms with van der Waals surface area (Å²) in [6.45, 7) is 6.19. The zero-order valence-corrected chi connectivity index (χ0v) is 11.3. The molecule has 0 saturated carbocycles. The lowest BCUT2D eigenvalue weighted by Crippen LogP contribution is -2.50. The molecule has 3 nitrogen and oxygen atoms in total. The number of carbonyl (C=O) groups excluding carboxylic acids is 1. The molecule has 1 atom stereocenters. The number of piperidine rings is 1. The molecule has 94 valence electrons. The molecule has 4 heteroatoms. The highest BCUT2D eigenvalue weighted by atomic mass is 35.5. The van der Waals surface area contributed by atoms with Crippen molar-refractivity contribution in [3.8, 4) is 0 Å². The highest BCUT2D eigenvalue weighted by Gasteiger charge is 2.27. The van der Waals surface area contributed by atoms with Gasteiger partial charge in [-0.3, -0.25) is 4.79 Å². The number of likely N-dealkylation sites (tertiary alicyclic amines) is 1. The van der Waals surface area contributed by atoms with Crippen molar-refractivity contribution in [2.75, 3.05) is 26.0 Å². The normalized spacial score (nSPS) is 21.9. The summed E-state index contributed by atoms with van der Waals surface area (Å²) in [6.07, 6.45) is 3.45. The number of nitrogens with zero attached hydrogens (tertiary/aromatic N) is 2. The molecule has 0 N–H and O–H groups in total. The van der Waals surface area contributed by atoms with Crippen molar-refractivity contribution in [2.45, 2.75) is 45.2 Å². The number of alkyl halides is 1. The van der Waals surface area contributed by atoms with Crippen LogP contribution in [0.25, 0.3) is 0 Å². The quantitative estimate of drug-likeness (QED) is 0.708. The van der Waals surface area contributed by atoms with E-state index in [1.807, 2.05) is 4.90 Å². The molecule has 0 aromatic carbocycles. The van der Waals surface area contributed by atoms with Gasteiger partial charge in [0.25, 0.3) is 0 Å². The summed E-state index contributed by atoms with van der Waals surface area (Å²) in [6, 6.07) is 0.877. The first kappa shape index (κ1) is 13.8. The van der Waals surface area contributed by atoms with Crippen molar-refractivity contribution in [2.24, 2.45) is 0 Å². The van der Waals surface area contributed by atoms with Crippen LogP contribution < -0.4 is 0 Å². The molecule has 1 aliphatic heterocycles. The Morgan fingerprint density at radius 2 is 2.19 bits per heavy atom. The van der Waals surface area contributed by atoms with Crippen molar-refractivity contribution >= 4 is 17.5 Å². The van der Waals surface area contributed by atoms with Crippen LogP contribution >= 0.6 is 11.6 Å². The number of carbonyl (C=O) groups is 1. The predicted octanol–water partition coefficient (Wildman–Crippen LogP) is 1.95. The van der Waals surface area contributed by atoms with Gasteiger partial charge in [-0.15, -0.1) is 11.6 Å². The summed E-state index contributed by atoms with van der Waals surface area (Å²) in [5.41, 5.74) is 0. The van der Waals surface area contributed by atoms with Gasteiger partial charge in [0.1, 0.15) is 5.88 Å². The number of rotatable bonds is 4. The predicted molar refractivity (Wildman–Crippen MR) is 67.8 cm³/mol. The standard InChI is InChI=1S/C12H23ClN2O/c1-10(2)14(3)9-11-6-4-5-7-15(11)12(16)8-13/h10-11H,4-9H2,1-3H3/t11-/m1/s1. The highest BCUT2D eigenvalue weighted by Crippen LogP contribution is 2.18. The molecule has 16 heavy (non-hydrogen) atoms. The van der Waals surface area contributed by atoms with Crippen LogP contribution in [0, 0.1) is 0 Å². The second kappa shape index (κ2) is 6.45. The van der Waals surface area contributed by atoms with Crippen LogP contribution in [0.15, 0.2) is 0 Å². The Morgan fingerprint density at radius 1 is 1.50 bits per heavy atom. The number of halogens is 1. The SMILES string of the molecule is CC(C)N(C)C[C@H]1CCCCN1C(=O)CCl. The summed E-state index contributed by atoms with van der Waals surface area (Å²) in [4.78, 5) is 16.0. The smallest absolute Gasteiger partial charge is 0.237 e. The summed E-state index contributed by atoms with van der Waals surface area (Å²) in [7, 11) is 2.11. The van der Waals surface area contributed by atoms with Crippen LogP contribution in [-0.4, -0.2) is 53.8 Å². The van der Waals surface area contributed by atoms with Crippen LogP contribution in [0.5, 0.6) is 0 Å². The van der Waals surface area contributed by atoms with Crippen molar-refractivity contribution in [3.63, 3.8) is 0 Å². The zero-order chi connectivity index (χ0) is 12.1. The Kier molecular flexibility index (Phi) is 5.56. The highest BCUT2D eigenvalue weighted by molar-refractivity contribution is 6.27. The summed E-state index contributed by atoms with van der Waals surface area (Å²) in [5.74, 6) is 0.200. The molecule has 0 aliphatic carbocycles. The Hall–Kier alpha value is -0.280. The molecule has 0 aromatic heterocycles. The Balaban J connectivity index is 2.56. The van der Waals surface area contributed by atoms with Crippen LogP contribution in [0.1, 0.15) is 33.1 Å². The van der Waals surface area contributed by atoms with Gasteiger partial charge in [0.15, 0.2) is 0 Å². The van der Waals surface area contributed by atoms with Crippen molar-refractivity contribution in [1.82, 2.24) is 9.80 Å². The van der Waals surface area contributed by atoms with Gasteiger partial charge in [0.05, 0.1) is 0 Å². The fourth-order valence-electron chi connectivity index (χ4n) is 2.14. The minimum atomic E-state index is 0.0866. The Labute approximate surface area is 104 Å². The fourth-order valence-corrected chi connectivity index (χ4v) is 2.29. The minimum absolute atomic E-state index is 0.0866. The summed E-state index contributed by atoms with van der Waals surface area (Å²) >= 11 is 5.64. The maximum absolute atomic E-state index is 11.7. The maximum atomic E-state index is 11.7. The van der Waals surface area contributed by atoms with E-state index in [4.69, 9.17) is 11.6 Å². The van der Waals surface area contributed by atoms with E-state index < -0.39 is 0 Å². The number of hydrogen-bond acceptors (Lipinski definition) is 2. The maximum Gasteiger partial charge on any atom is 0.237 e. The van der Waals surface area contributed by atoms with E-state index in [0.29, 0.717) is 12.1 Å². The molecule has 1 saturated heterocycles. The molecule has 0 unspecified atom stereocenters. The van der Waals surface area contributed by atoms with Crippen LogP contribution in [0.4, 0.5) is 0 Å². The second-order valence-corrected chi connectivity index (χ2v) is 5.17. The van der Waals surface area contributed by atoms with E-state index in [1.165, 1.54) is 6.42 Å². The van der Waals surface area contributed by atoms with Crippen LogP contribution in [0.3, 0.4) is 0 Å². The fraction of sp³-hybridized carbons (Fsp3) is 0.917. The third-order valence-corrected chi connectivity index (χ3v) is 3.67. The molecule has 1 aliphatic rings. The van der Waals surface area contributed by atoms with Gasteiger partial charge >= 0.3 is 0 Å². The largest absolute Gasteiger partial charge is 0.337 e. The third-order valence-electron chi connectivity index (χ3n) is 3.44. The van der Waals surface area contributed by atoms with Gasteiger partial charge in [0, 0.05) is 25.2 Å². The minimum Gasteiger partial charge on any atom is -0.337 e. The molecule has 0 aromatic rings. The monoisotopic (exact) mass is 246 g/mol. The number of likely N-dealkylation sites (N-methyl/N-ethyl adjacent to an activating group) is 1. The van der Waals surface area contributed by atoms with Gasteiger partial charge < -0.3 is 9.80 Å². The van der Waals surface area contributed by atoms with Crippen LogP contribution in [0.2, 0.25) is 0 Å². The van der Waals surface area contributed by atoms with E-state index in [0.717, 1.165) is 25.9 Å². The number of amides is 1. The second-order valence-electron chi connectivity index (χ2n) is 4.90. The average molecular weight is 247 g/mol. The summed E-state index contributed by atoms with van der Waals surface area (Å²) < 4.78 is 0. The zero-order valence-electron chi connectivity index (χ0n) is 10.6. The van der Waals surface area contributed by atoms with E-state index in [9.17, 15) is 4.79 Å². The molecule has 0 radical (unpaired) electrons. The molecular weight excluding hydrogens is 224 g/mol. The molecular formula is C12H23ClN2O. The average Bonchev–Trinajstić information content (AvgIpc) is 2.28. The lowest BCUT2D eigenvalue weighted by molar-refractivity contribution is -0.132. The molecule has 1 heterocycles. The Morgan fingerprint density at radius 3 is 2.75 bits per heavy atom. The third kappa shape index (κ3) is 3.63. The molecule has 1 rings (SSSR count). The lowest BCUT2D eigenvalue weighted by atomic mass is 10.0. The molecule has 1 fully saturated rings. The number of hydrogen-bond donors (Lipinski definition) is 0. The van der Waals surface area contributed by atoms with E-state index in [-0.39, 0.29) is 11.8 Å². The topological polar surface area (TPSA) is 23.6 Å². The van der Waals surface area contributed by atoms with E-state index in [2.05, 4.69) is 25.8 Å². The summed E-state index contributed by atoms with van der Waals surface area (Å²) in [5, 5.41) is 0. The Bertz CT molecular complexity index is 233.